The summed E-state index contributed by atoms with van der Waals surface area (Å²) in [5, 5.41) is 5.21. The van der Waals surface area contributed by atoms with Gasteiger partial charge in [0.2, 0.25) is 0 Å². The number of carbonyl (C=O) groups is 1. The van der Waals surface area contributed by atoms with Crippen molar-refractivity contribution in [1.82, 2.24) is 5.32 Å². The van der Waals surface area contributed by atoms with Crippen LogP contribution >= 0.6 is 15.9 Å². The van der Waals surface area contributed by atoms with Gasteiger partial charge in [0.05, 0.1) is 5.69 Å². The van der Waals surface area contributed by atoms with Gasteiger partial charge in [-0.2, -0.15) is 0 Å². The van der Waals surface area contributed by atoms with Gasteiger partial charge in [0.15, 0.2) is 0 Å². The zero-order valence-electron chi connectivity index (χ0n) is 11.8. The Morgan fingerprint density at radius 1 is 1.14 bits per heavy atom. The Balaban J connectivity index is 1.95. The van der Waals surface area contributed by atoms with Gasteiger partial charge in [0.1, 0.15) is 5.82 Å². The van der Waals surface area contributed by atoms with E-state index >= 15 is 0 Å². The molecule has 2 aromatic rings. The SMILES string of the molecule is Cc1cc(C)cc(CNC(=O)Nc2ccc(Br)cc2F)c1. The van der Waals surface area contributed by atoms with E-state index in [9.17, 15) is 9.18 Å². The minimum Gasteiger partial charge on any atom is -0.334 e. The van der Waals surface area contributed by atoms with Gasteiger partial charge in [0.25, 0.3) is 0 Å². The van der Waals surface area contributed by atoms with Crippen molar-refractivity contribution in [2.75, 3.05) is 5.32 Å². The first-order valence-electron chi connectivity index (χ1n) is 6.51. The van der Waals surface area contributed by atoms with Gasteiger partial charge in [0, 0.05) is 11.0 Å². The Hall–Kier alpha value is -1.88. The molecule has 2 rings (SSSR count). The monoisotopic (exact) mass is 350 g/mol. The number of rotatable bonds is 3. The number of anilines is 1. The molecule has 0 saturated carbocycles. The van der Waals surface area contributed by atoms with Crippen LogP contribution in [-0.4, -0.2) is 6.03 Å². The number of urea groups is 1. The molecule has 0 bridgehead atoms. The molecule has 0 aliphatic rings. The highest BCUT2D eigenvalue weighted by Crippen LogP contribution is 2.19. The number of carbonyl (C=O) groups excluding carboxylic acids is 1. The highest BCUT2D eigenvalue weighted by Gasteiger charge is 2.07. The van der Waals surface area contributed by atoms with Crippen LogP contribution in [0.15, 0.2) is 40.9 Å². The largest absolute Gasteiger partial charge is 0.334 e. The maximum atomic E-state index is 13.6. The van der Waals surface area contributed by atoms with Crippen LogP contribution in [0.2, 0.25) is 0 Å². The Morgan fingerprint density at radius 3 is 2.43 bits per heavy atom. The summed E-state index contributed by atoms with van der Waals surface area (Å²) >= 11 is 3.17. The third-order valence-corrected chi connectivity index (χ3v) is 3.41. The molecule has 21 heavy (non-hydrogen) atoms. The van der Waals surface area contributed by atoms with Gasteiger partial charge >= 0.3 is 6.03 Å². The summed E-state index contributed by atoms with van der Waals surface area (Å²) in [6, 6.07) is 10.1. The number of hydrogen-bond donors (Lipinski definition) is 2. The lowest BCUT2D eigenvalue weighted by Crippen LogP contribution is -2.28. The van der Waals surface area contributed by atoms with Gasteiger partial charge < -0.3 is 10.6 Å². The molecule has 0 fully saturated rings. The fourth-order valence-corrected chi connectivity index (χ4v) is 2.44. The van der Waals surface area contributed by atoms with Crippen molar-refractivity contribution in [2.24, 2.45) is 0 Å². The number of amides is 2. The summed E-state index contributed by atoms with van der Waals surface area (Å²) in [6.07, 6.45) is 0. The fraction of sp³-hybridized carbons (Fsp3) is 0.188. The highest BCUT2D eigenvalue weighted by molar-refractivity contribution is 9.10. The Kier molecular flexibility index (Phi) is 4.96. The van der Waals surface area contributed by atoms with Crippen molar-refractivity contribution in [3.8, 4) is 0 Å². The second-order valence-electron chi connectivity index (χ2n) is 4.93. The van der Waals surface area contributed by atoms with Crippen molar-refractivity contribution >= 4 is 27.6 Å². The van der Waals surface area contributed by atoms with E-state index in [1.807, 2.05) is 26.0 Å². The minimum atomic E-state index is -0.481. The quantitative estimate of drug-likeness (QED) is 0.838. The van der Waals surface area contributed by atoms with Gasteiger partial charge in [-0.05, 0) is 37.6 Å². The van der Waals surface area contributed by atoms with Gasteiger partial charge in [-0.15, -0.1) is 0 Å². The van der Waals surface area contributed by atoms with Crippen molar-refractivity contribution < 1.29 is 9.18 Å². The molecule has 0 aliphatic heterocycles. The molecule has 0 radical (unpaired) electrons. The zero-order valence-corrected chi connectivity index (χ0v) is 13.4. The molecule has 0 heterocycles. The number of hydrogen-bond acceptors (Lipinski definition) is 1. The smallest absolute Gasteiger partial charge is 0.319 e. The topological polar surface area (TPSA) is 41.1 Å². The van der Waals surface area contributed by atoms with E-state index in [4.69, 9.17) is 0 Å². The van der Waals surface area contributed by atoms with E-state index in [1.54, 1.807) is 6.07 Å². The summed E-state index contributed by atoms with van der Waals surface area (Å²) in [5.74, 6) is -0.481. The van der Waals surface area contributed by atoms with Crippen molar-refractivity contribution in [1.29, 1.82) is 0 Å². The molecule has 2 N–H and O–H groups in total. The molecule has 2 amide bonds. The number of nitrogens with one attached hydrogen (secondary N) is 2. The van der Waals surface area contributed by atoms with E-state index < -0.39 is 11.8 Å². The molecular weight excluding hydrogens is 335 g/mol. The van der Waals surface area contributed by atoms with Crippen LogP contribution in [0.1, 0.15) is 16.7 Å². The standard InChI is InChI=1S/C16H16BrFN2O/c1-10-5-11(2)7-12(6-10)9-19-16(21)20-15-4-3-13(17)8-14(15)18/h3-8H,9H2,1-2H3,(H2,19,20,21). The first kappa shape index (κ1) is 15.5. The van der Waals surface area contributed by atoms with Gasteiger partial charge in [-0.1, -0.05) is 45.3 Å². The van der Waals surface area contributed by atoms with Crippen molar-refractivity contribution in [2.45, 2.75) is 20.4 Å². The molecule has 0 aliphatic carbocycles. The maximum Gasteiger partial charge on any atom is 0.319 e. The third kappa shape index (κ3) is 4.56. The summed E-state index contributed by atoms with van der Waals surface area (Å²) in [6.45, 7) is 4.41. The Bertz CT molecular complexity index is 653. The molecule has 3 nitrogen and oxygen atoms in total. The van der Waals surface area contributed by atoms with Crippen LogP contribution in [0, 0.1) is 19.7 Å². The van der Waals surface area contributed by atoms with Crippen LogP contribution in [0.5, 0.6) is 0 Å². The molecule has 2 aromatic carbocycles. The van der Waals surface area contributed by atoms with Crippen molar-refractivity contribution in [3.63, 3.8) is 0 Å². The molecule has 0 spiro atoms. The second-order valence-corrected chi connectivity index (χ2v) is 5.84. The summed E-state index contributed by atoms with van der Waals surface area (Å²) in [4.78, 5) is 11.8. The number of halogens is 2. The molecule has 0 unspecified atom stereocenters. The minimum absolute atomic E-state index is 0.149. The second kappa shape index (κ2) is 6.72. The molecule has 0 aromatic heterocycles. The van der Waals surface area contributed by atoms with Crippen LogP contribution in [0.25, 0.3) is 0 Å². The molecule has 5 heteroatoms. The average Bonchev–Trinajstić information content (AvgIpc) is 2.39. The predicted octanol–water partition coefficient (Wildman–Crippen LogP) is 4.53. The summed E-state index contributed by atoms with van der Waals surface area (Å²) in [5.41, 5.74) is 3.45. The first-order chi connectivity index (χ1) is 9.94. The molecule has 0 saturated heterocycles. The van der Waals surface area contributed by atoms with E-state index in [2.05, 4.69) is 32.6 Å². The van der Waals surface area contributed by atoms with Crippen molar-refractivity contribution in [3.05, 3.63) is 63.4 Å². The van der Waals surface area contributed by atoms with Gasteiger partial charge in [-0.25, -0.2) is 9.18 Å². The highest BCUT2D eigenvalue weighted by atomic mass is 79.9. The summed E-state index contributed by atoms with van der Waals surface area (Å²) < 4.78 is 14.2. The number of aryl methyl sites for hydroxylation is 2. The molecule has 110 valence electrons. The van der Waals surface area contributed by atoms with Crippen LogP contribution in [0.3, 0.4) is 0 Å². The van der Waals surface area contributed by atoms with Crippen LogP contribution in [-0.2, 0) is 6.54 Å². The third-order valence-electron chi connectivity index (χ3n) is 2.91. The van der Waals surface area contributed by atoms with Crippen LogP contribution in [0.4, 0.5) is 14.9 Å². The van der Waals surface area contributed by atoms with Gasteiger partial charge in [-0.3, -0.25) is 0 Å². The van der Waals surface area contributed by atoms with E-state index in [0.29, 0.717) is 11.0 Å². The van der Waals surface area contributed by atoms with E-state index in [1.165, 1.54) is 12.1 Å². The lowest BCUT2D eigenvalue weighted by molar-refractivity contribution is 0.251. The zero-order chi connectivity index (χ0) is 15.4. The maximum absolute atomic E-state index is 13.6. The van der Waals surface area contributed by atoms with E-state index in [-0.39, 0.29) is 5.69 Å². The lowest BCUT2D eigenvalue weighted by atomic mass is 10.1. The fourth-order valence-electron chi connectivity index (χ4n) is 2.11. The summed E-state index contributed by atoms with van der Waals surface area (Å²) in [7, 11) is 0. The number of benzene rings is 2. The Morgan fingerprint density at radius 2 is 1.81 bits per heavy atom. The predicted molar refractivity (Wildman–Crippen MR) is 85.9 cm³/mol. The normalized spacial score (nSPS) is 10.3. The molecule has 0 atom stereocenters. The lowest BCUT2D eigenvalue weighted by Gasteiger charge is -2.10. The first-order valence-corrected chi connectivity index (χ1v) is 7.30. The van der Waals surface area contributed by atoms with E-state index in [0.717, 1.165) is 16.7 Å². The average molecular weight is 351 g/mol. The molecular formula is C16H16BrFN2O. The Labute approximate surface area is 131 Å². The van der Waals surface area contributed by atoms with Crippen LogP contribution < -0.4 is 10.6 Å².